The highest BCUT2D eigenvalue weighted by atomic mass is 28.3. The summed E-state index contributed by atoms with van der Waals surface area (Å²) < 4.78 is 10.7. The second-order valence-electron chi connectivity index (χ2n) is 5.51. The number of ether oxygens (including phenoxy) is 2. The van der Waals surface area contributed by atoms with E-state index in [1.165, 1.54) is 57.8 Å². The first-order valence-corrected chi connectivity index (χ1v) is 10.6. The van der Waals surface area contributed by atoms with E-state index in [9.17, 15) is 0 Å². The normalized spacial score (nSPS) is 13.4. The molecule has 0 saturated heterocycles. The monoisotopic (exact) mass is 289 g/mol. The molecule has 0 radical (unpaired) electrons. The molecule has 0 saturated carbocycles. The van der Waals surface area contributed by atoms with Gasteiger partial charge >= 0.3 is 0 Å². The van der Waals surface area contributed by atoms with Gasteiger partial charge in [0.15, 0.2) is 0 Å². The van der Waals surface area contributed by atoms with Crippen LogP contribution in [0.4, 0.5) is 0 Å². The second kappa shape index (κ2) is 13.1. The summed E-state index contributed by atoms with van der Waals surface area (Å²) >= 11 is 0. The number of methoxy groups -OCH3 is 2. The summed E-state index contributed by atoms with van der Waals surface area (Å²) in [4.78, 5) is 2.64. The van der Waals surface area contributed by atoms with Crippen molar-refractivity contribution in [3.8, 4) is 0 Å². The molecule has 0 bridgehead atoms. The Morgan fingerprint density at radius 1 is 0.895 bits per heavy atom. The van der Waals surface area contributed by atoms with Crippen LogP contribution in [0.15, 0.2) is 0 Å². The minimum absolute atomic E-state index is 0.0831. The average Bonchev–Trinajstić information content (AvgIpc) is 2.42. The summed E-state index contributed by atoms with van der Waals surface area (Å²) in [5, 5.41) is 0. The van der Waals surface area contributed by atoms with Gasteiger partial charge in [-0.2, -0.15) is 0 Å². The van der Waals surface area contributed by atoms with Crippen molar-refractivity contribution in [3.05, 3.63) is 0 Å². The fourth-order valence-corrected chi connectivity index (χ4v) is 4.46. The fraction of sp³-hybridized carbons (Fsp3) is 1.00. The molecule has 0 aromatic carbocycles. The smallest absolute Gasteiger partial charge is 0.137 e. The van der Waals surface area contributed by atoms with Crippen LogP contribution in [-0.4, -0.2) is 53.5 Å². The van der Waals surface area contributed by atoms with Crippen molar-refractivity contribution in [2.24, 2.45) is 0 Å². The van der Waals surface area contributed by atoms with Crippen molar-refractivity contribution in [3.63, 3.8) is 0 Å². The minimum atomic E-state index is -0.902. The SMILES string of the molecule is CCCCN(CCCC)CCC[SiH](C)C(OC)OC. The van der Waals surface area contributed by atoms with Crippen LogP contribution in [0.1, 0.15) is 46.0 Å². The molecular formula is C15H35NO2Si. The van der Waals surface area contributed by atoms with Crippen LogP contribution in [0, 0.1) is 0 Å². The van der Waals surface area contributed by atoms with Crippen molar-refractivity contribution < 1.29 is 9.47 Å². The quantitative estimate of drug-likeness (QED) is 0.383. The van der Waals surface area contributed by atoms with E-state index in [4.69, 9.17) is 9.47 Å². The van der Waals surface area contributed by atoms with E-state index in [-0.39, 0.29) is 5.91 Å². The molecule has 4 heteroatoms. The maximum atomic E-state index is 5.37. The zero-order valence-corrected chi connectivity index (χ0v) is 14.9. The van der Waals surface area contributed by atoms with Crippen LogP contribution in [0.3, 0.4) is 0 Å². The number of hydrogen-bond donors (Lipinski definition) is 0. The highest BCUT2D eigenvalue weighted by Crippen LogP contribution is 2.08. The first kappa shape index (κ1) is 19.1. The predicted octanol–water partition coefficient (Wildman–Crippen LogP) is 3.29. The van der Waals surface area contributed by atoms with Crippen LogP contribution in [0.2, 0.25) is 12.6 Å². The van der Waals surface area contributed by atoms with Crippen molar-refractivity contribution in [2.75, 3.05) is 33.9 Å². The molecule has 0 aromatic heterocycles. The topological polar surface area (TPSA) is 21.7 Å². The lowest BCUT2D eigenvalue weighted by Crippen LogP contribution is -2.33. The highest BCUT2D eigenvalue weighted by molar-refractivity contribution is 6.58. The molecule has 0 amide bonds. The third kappa shape index (κ3) is 9.60. The number of nitrogens with zero attached hydrogens (tertiary/aromatic N) is 1. The van der Waals surface area contributed by atoms with Gasteiger partial charge in [-0.3, -0.25) is 0 Å². The van der Waals surface area contributed by atoms with Crippen LogP contribution >= 0.6 is 0 Å². The molecule has 0 rings (SSSR count). The van der Waals surface area contributed by atoms with E-state index in [0.717, 1.165) is 0 Å². The zero-order valence-electron chi connectivity index (χ0n) is 13.8. The molecule has 1 unspecified atom stereocenters. The van der Waals surface area contributed by atoms with Crippen LogP contribution in [0.5, 0.6) is 0 Å². The highest BCUT2D eigenvalue weighted by Gasteiger charge is 2.17. The number of unbranched alkanes of at least 4 members (excludes halogenated alkanes) is 2. The van der Waals surface area contributed by atoms with E-state index in [1.54, 1.807) is 14.2 Å². The molecule has 0 aromatic rings. The first-order valence-electron chi connectivity index (χ1n) is 7.97. The largest absolute Gasteiger partial charge is 0.360 e. The molecular weight excluding hydrogens is 254 g/mol. The van der Waals surface area contributed by atoms with Gasteiger partial charge in [-0.25, -0.2) is 0 Å². The van der Waals surface area contributed by atoms with E-state index < -0.39 is 8.80 Å². The van der Waals surface area contributed by atoms with Gasteiger partial charge < -0.3 is 14.4 Å². The van der Waals surface area contributed by atoms with E-state index >= 15 is 0 Å². The van der Waals surface area contributed by atoms with E-state index in [2.05, 4.69) is 25.3 Å². The molecule has 0 fully saturated rings. The maximum Gasteiger partial charge on any atom is 0.137 e. The van der Waals surface area contributed by atoms with Crippen molar-refractivity contribution >= 4 is 8.80 Å². The Morgan fingerprint density at radius 2 is 1.37 bits per heavy atom. The van der Waals surface area contributed by atoms with Crippen molar-refractivity contribution in [1.29, 1.82) is 0 Å². The average molecular weight is 290 g/mol. The van der Waals surface area contributed by atoms with Gasteiger partial charge in [0.2, 0.25) is 0 Å². The van der Waals surface area contributed by atoms with Crippen LogP contribution in [0.25, 0.3) is 0 Å². The Morgan fingerprint density at radius 3 is 1.79 bits per heavy atom. The van der Waals surface area contributed by atoms with Crippen molar-refractivity contribution in [2.45, 2.75) is 64.5 Å². The third-order valence-corrected chi connectivity index (χ3v) is 6.51. The molecule has 0 N–H and O–H groups in total. The minimum Gasteiger partial charge on any atom is -0.360 e. The summed E-state index contributed by atoms with van der Waals surface area (Å²) in [5.74, 6) is 0.0831. The van der Waals surface area contributed by atoms with Crippen LogP contribution in [-0.2, 0) is 9.47 Å². The third-order valence-electron chi connectivity index (χ3n) is 3.72. The Balaban J connectivity index is 3.88. The first-order chi connectivity index (χ1) is 9.19. The molecule has 116 valence electrons. The maximum absolute atomic E-state index is 5.37. The summed E-state index contributed by atoms with van der Waals surface area (Å²) in [7, 11) is 2.61. The zero-order chi connectivity index (χ0) is 14.5. The van der Waals surface area contributed by atoms with Gasteiger partial charge in [0, 0.05) is 14.2 Å². The van der Waals surface area contributed by atoms with E-state index in [1.807, 2.05) is 0 Å². The van der Waals surface area contributed by atoms with Crippen molar-refractivity contribution in [1.82, 2.24) is 4.90 Å². The van der Waals surface area contributed by atoms with Gasteiger partial charge in [-0.15, -0.1) is 0 Å². The second-order valence-corrected chi connectivity index (χ2v) is 8.58. The predicted molar refractivity (Wildman–Crippen MR) is 86.5 cm³/mol. The molecule has 0 aliphatic carbocycles. The molecule has 3 nitrogen and oxygen atoms in total. The molecule has 1 atom stereocenters. The van der Waals surface area contributed by atoms with Gasteiger partial charge in [0.1, 0.15) is 14.7 Å². The lowest BCUT2D eigenvalue weighted by atomic mass is 10.2. The van der Waals surface area contributed by atoms with Gasteiger partial charge in [0.05, 0.1) is 0 Å². The van der Waals surface area contributed by atoms with Gasteiger partial charge in [-0.05, 0) is 38.9 Å². The lowest BCUT2D eigenvalue weighted by molar-refractivity contribution is -0.0470. The van der Waals surface area contributed by atoms with Gasteiger partial charge in [0.25, 0.3) is 0 Å². The Labute approximate surface area is 122 Å². The molecule has 19 heavy (non-hydrogen) atoms. The molecule has 0 aliphatic heterocycles. The van der Waals surface area contributed by atoms with Crippen LogP contribution < -0.4 is 0 Å². The summed E-state index contributed by atoms with van der Waals surface area (Å²) in [6.07, 6.45) is 6.54. The summed E-state index contributed by atoms with van der Waals surface area (Å²) in [6.45, 7) is 10.7. The number of rotatable bonds is 13. The fourth-order valence-electron chi connectivity index (χ4n) is 2.43. The summed E-state index contributed by atoms with van der Waals surface area (Å²) in [5.41, 5.74) is 0. The summed E-state index contributed by atoms with van der Waals surface area (Å²) in [6, 6.07) is 1.31. The lowest BCUT2D eigenvalue weighted by Gasteiger charge is -2.24. The standard InChI is InChI=1S/C15H35NO2Si/c1-6-8-11-16(12-9-7-2)13-10-14-19(5)15(17-3)18-4/h15,19H,6-14H2,1-5H3. The Hall–Kier alpha value is 0.0969. The molecule has 0 aliphatic rings. The Bertz CT molecular complexity index is 181. The van der Waals surface area contributed by atoms with E-state index in [0.29, 0.717) is 0 Å². The Kier molecular flexibility index (Phi) is 13.2. The number of hydrogen-bond acceptors (Lipinski definition) is 3. The molecule has 0 spiro atoms. The molecule has 0 heterocycles. The van der Waals surface area contributed by atoms with Gasteiger partial charge in [-0.1, -0.05) is 39.3 Å².